The zero-order valence-corrected chi connectivity index (χ0v) is 11.1. The first-order valence-corrected chi connectivity index (χ1v) is 6.48. The zero-order valence-electron chi connectivity index (χ0n) is 10.3. The lowest BCUT2D eigenvalue weighted by Gasteiger charge is -2.15. The molecule has 1 saturated heterocycles. The van der Waals surface area contributed by atoms with E-state index >= 15 is 0 Å². The molecule has 1 atom stereocenters. The first kappa shape index (κ1) is 14.0. The second kappa shape index (κ2) is 6.14. The van der Waals surface area contributed by atoms with Crippen LogP contribution in [-0.4, -0.2) is 36.1 Å². The second-order valence-corrected chi connectivity index (χ2v) is 4.77. The van der Waals surface area contributed by atoms with Gasteiger partial charge in [-0.05, 0) is 37.2 Å². The average molecular weight is 283 g/mol. The van der Waals surface area contributed by atoms with E-state index in [1.165, 1.54) is 4.90 Å². The van der Waals surface area contributed by atoms with Crippen molar-refractivity contribution >= 4 is 29.1 Å². The van der Waals surface area contributed by atoms with Gasteiger partial charge in [-0.25, -0.2) is 4.90 Å². The Labute approximate surface area is 116 Å². The third-order valence-corrected chi connectivity index (χ3v) is 3.21. The van der Waals surface area contributed by atoms with E-state index < -0.39 is 6.04 Å². The molecule has 0 bridgehead atoms. The van der Waals surface area contributed by atoms with Crippen molar-refractivity contribution in [2.24, 2.45) is 0 Å². The number of carbonyl (C=O) groups is 2. The Kier molecular flexibility index (Phi) is 4.52. The number of rotatable bonds is 5. The van der Waals surface area contributed by atoms with Gasteiger partial charge in [-0.15, -0.1) is 0 Å². The smallest absolute Gasteiger partial charge is 0.251 e. The van der Waals surface area contributed by atoms with Crippen molar-refractivity contribution < 1.29 is 14.7 Å². The average Bonchev–Trinajstić information content (AvgIpc) is 2.67. The van der Waals surface area contributed by atoms with Crippen LogP contribution in [0.3, 0.4) is 0 Å². The number of aliphatic hydroxyl groups excluding tert-OH is 1. The molecular formula is C13H15ClN2O3. The highest BCUT2D eigenvalue weighted by atomic mass is 35.5. The van der Waals surface area contributed by atoms with Gasteiger partial charge in [-0.1, -0.05) is 11.6 Å². The van der Waals surface area contributed by atoms with Gasteiger partial charge >= 0.3 is 0 Å². The molecule has 2 rings (SSSR count). The topological polar surface area (TPSA) is 69.6 Å². The van der Waals surface area contributed by atoms with Gasteiger partial charge in [0.05, 0.1) is 18.2 Å². The minimum absolute atomic E-state index is 0.0583. The number of hydrogen-bond acceptors (Lipinski definition) is 4. The lowest BCUT2D eigenvalue weighted by Crippen LogP contribution is -2.39. The predicted octanol–water partition coefficient (Wildman–Crippen LogP) is 0.944. The molecule has 102 valence electrons. The lowest BCUT2D eigenvalue weighted by atomic mass is 10.2. The molecule has 1 aromatic rings. The van der Waals surface area contributed by atoms with E-state index in [9.17, 15) is 9.59 Å². The molecule has 1 aliphatic heterocycles. The number of amides is 2. The van der Waals surface area contributed by atoms with Crippen molar-refractivity contribution in [1.82, 2.24) is 5.32 Å². The van der Waals surface area contributed by atoms with E-state index in [0.717, 1.165) is 0 Å². The number of benzene rings is 1. The standard InChI is InChI=1S/C13H15ClN2O3/c14-9-2-4-10(5-3-9)16-12(18)8-11(13(16)19)15-6-1-7-17/h2-5,11,15,17H,1,6-8H2/t11-/m0/s1. The molecule has 1 heterocycles. The summed E-state index contributed by atoms with van der Waals surface area (Å²) in [5.74, 6) is -0.487. The summed E-state index contributed by atoms with van der Waals surface area (Å²) >= 11 is 5.78. The van der Waals surface area contributed by atoms with Gasteiger partial charge in [0.2, 0.25) is 5.91 Å². The maximum atomic E-state index is 12.1. The Hall–Kier alpha value is -1.43. The lowest BCUT2D eigenvalue weighted by molar-refractivity contribution is -0.121. The number of halogens is 1. The van der Waals surface area contributed by atoms with Crippen LogP contribution in [0.25, 0.3) is 0 Å². The Bertz CT molecular complexity index is 475. The van der Waals surface area contributed by atoms with Gasteiger partial charge in [0, 0.05) is 11.6 Å². The summed E-state index contributed by atoms with van der Waals surface area (Å²) in [6, 6.07) is 6.07. The van der Waals surface area contributed by atoms with Crippen LogP contribution >= 0.6 is 11.6 Å². The summed E-state index contributed by atoms with van der Waals surface area (Å²) in [5, 5.41) is 12.2. The van der Waals surface area contributed by atoms with Crippen molar-refractivity contribution in [3.05, 3.63) is 29.3 Å². The van der Waals surface area contributed by atoms with E-state index in [2.05, 4.69) is 5.32 Å². The van der Waals surface area contributed by atoms with Gasteiger partial charge in [0.1, 0.15) is 0 Å². The maximum Gasteiger partial charge on any atom is 0.251 e. The summed E-state index contributed by atoms with van der Waals surface area (Å²) in [6.07, 6.45) is 0.700. The van der Waals surface area contributed by atoms with Gasteiger partial charge in [0.25, 0.3) is 5.91 Å². The van der Waals surface area contributed by atoms with Crippen molar-refractivity contribution in [3.8, 4) is 0 Å². The Morgan fingerprint density at radius 1 is 1.32 bits per heavy atom. The minimum Gasteiger partial charge on any atom is -0.396 e. The summed E-state index contributed by atoms with van der Waals surface area (Å²) < 4.78 is 0. The van der Waals surface area contributed by atoms with E-state index in [4.69, 9.17) is 16.7 Å². The molecule has 2 N–H and O–H groups in total. The van der Waals surface area contributed by atoms with Crippen LogP contribution in [0.5, 0.6) is 0 Å². The zero-order chi connectivity index (χ0) is 13.8. The van der Waals surface area contributed by atoms with Crippen molar-refractivity contribution in [2.45, 2.75) is 18.9 Å². The van der Waals surface area contributed by atoms with Gasteiger partial charge in [-0.2, -0.15) is 0 Å². The van der Waals surface area contributed by atoms with E-state index in [0.29, 0.717) is 23.7 Å². The fourth-order valence-corrected chi connectivity index (χ4v) is 2.13. The van der Waals surface area contributed by atoms with Crippen LogP contribution < -0.4 is 10.2 Å². The van der Waals surface area contributed by atoms with Gasteiger partial charge in [0.15, 0.2) is 0 Å². The molecule has 0 unspecified atom stereocenters. The molecule has 0 saturated carbocycles. The Morgan fingerprint density at radius 2 is 2.00 bits per heavy atom. The van der Waals surface area contributed by atoms with Crippen LogP contribution in [0.15, 0.2) is 24.3 Å². The summed E-state index contributed by atoms with van der Waals surface area (Å²) in [5.41, 5.74) is 0.533. The van der Waals surface area contributed by atoms with Gasteiger partial charge in [-0.3, -0.25) is 9.59 Å². The number of hydrogen-bond donors (Lipinski definition) is 2. The van der Waals surface area contributed by atoms with E-state index in [1.807, 2.05) is 0 Å². The summed E-state index contributed by atoms with van der Waals surface area (Å²) in [4.78, 5) is 25.2. The first-order valence-electron chi connectivity index (χ1n) is 6.10. The number of anilines is 1. The van der Waals surface area contributed by atoms with Crippen LogP contribution in [0.1, 0.15) is 12.8 Å². The molecule has 19 heavy (non-hydrogen) atoms. The molecule has 1 aliphatic rings. The SMILES string of the molecule is O=C1C[C@H](NCCCO)C(=O)N1c1ccc(Cl)cc1. The maximum absolute atomic E-state index is 12.1. The molecule has 2 amide bonds. The van der Waals surface area contributed by atoms with Crippen LogP contribution in [-0.2, 0) is 9.59 Å². The minimum atomic E-state index is -0.505. The molecule has 0 aliphatic carbocycles. The number of imide groups is 1. The fraction of sp³-hybridized carbons (Fsp3) is 0.385. The summed E-state index contributed by atoms with van der Waals surface area (Å²) in [6.45, 7) is 0.567. The first-order chi connectivity index (χ1) is 9.13. The highest BCUT2D eigenvalue weighted by Crippen LogP contribution is 2.24. The Balaban J connectivity index is 2.08. The third kappa shape index (κ3) is 3.12. The van der Waals surface area contributed by atoms with Crippen molar-refractivity contribution in [3.63, 3.8) is 0 Å². The number of nitrogens with zero attached hydrogens (tertiary/aromatic N) is 1. The second-order valence-electron chi connectivity index (χ2n) is 4.33. The van der Waals surface area contributed by atoms with E-state index in [-0.39, 0.29) is 24.8 Å². The molecule has 0 spiro atoms. The highest BCUT2D eigenvalue weighted by Gasteiger charge is 2.38. The predicted molar refractivity (Wildman–Crippen MR) is 72.1 cm³/mol. The molecule has 6 heteroatoms. The molecule has 1 fully saturated rings. The molecule has 5 nitrogen and oxygen atoms in total. The molecule has 0 aromatic heterocycles. The van der Waals surface area contributed by atoms with Crippen molar-refractivity contribution in [2.75, 3.05) is 18.1 Å². The number of nitrogens with one attached hydrogen (secondary N) is 1. The van der Waals surface area contributed by atoms with Crippen molar-refractivity contribution in [1.29, 1.82) is 0 Å². The normalized spacial score (nSPS) is 19.3. The molecule has 1 aromatic carbocycles. The largest absolute Gasteiger partial charge is 0.396 e. The number of aliphatic hydroxyl groups is 1. The quantitative estimate of drug-likeness (QED) is 0.623. The Morgan fingerprint density at radius 3 is 2.63 bits per heavy atom. The fourth-order valence-electron chi connectivity index (χ4n) is 2.01. The third-order valence-electron chi connectivity index (χ3n) is 2.96. The molecule has 0 radical (unpaired) electrons. The van der Waals surface area contributed by atoms with Crippen LogP contribution in [0.2, 0.25) is 5.02 Å². The van der Waals surface area contributed by atoms with Gasteiger partial charge < -0.3 is 10.4 Å². The summed E-state index contributed by atoms with van der Waals surface area (Å²) in [7, 11) is 0. The van der Waals surface area contributed by atoms with Crippen LogP contribution in [0.4, 0.5) is 5.69 Å². The molecular weight excluding hydrogens is 268 g/mol. The monoisotopic (exact) mass is 282 g/mol. The van der Waals surface area contributed by atoms with E-state index in [1.54, 1.807) is 24.3 Å². The number of carbonyl (C=O) groups excluding carboxylic acids is 2. The highest BCUT2D eigenvalue weighted by molar-refractivity contribution is 6.30. The van der Waals surface area contributed by atoms with Crippen LogP contribution in [0, 0.1) is 0 Å².